The maximum absolute atomic E-state index is 11.9. The number of nitrogens with one attached hydrogen (secondary N) is 1. The van der Waals surface area contributed by atoms with E-state index in [-0.39, 0.29) is 18.5 Å². The fourth-order valence-electron chi connectivity index (χ4n) is 2.00. The van der Waals surface area contributed by atoms with Crippen molar-refractivity contribution in [2.75, 3.05) is 0 Å². The van der Waals surface area contributed by atoms with Crippen molar-refractivity contribution in [2.45, 2.75) is 33.4 Å². The van der Waals surface area contributed by atoms with Gasteiger partial charge in [0.1, 0.15) is 6.54 Å². The van der Waals surface area contributed by atoms with Gasteiger partial charge in [0, 0.05) is 24.5 Å². The van der Waals surface area contributed by atoms with Crippen LogP contribution in [-0.4, -0.2) is 25.5 Å². The van der Waals surface area contributed by atoms with Crippen molar-refractivity contribution in [2.24, 2.45) is 7.05 Å². The van der Waals surface area contributed by atoms with E-state index in [1.54, 1.807) is 21.8 Å². The van der Waals surface area contributed by atoms with Crippen LogP contribution in [0.15, 0.2) is 18.5 Å². The highest BCUT2D eigenvalue weighted by molar-refractivity contribution is 5.76. The summed E-state index contributed by atoms with van der Waals surface area (Å²) >= 11 is 0. The van der Waals surface area contributed by atoms with Crippen LogP contribution in [0.5, 0.6) is 0 Å². The molecule has 102 valence electrons. The molecule has 19 heavy (non-hydrogen) atoms. The number of aryl methyl sites for hydroxylation is 2. The highest BCUT2D eigenvalue weighted by atomic mass is 16.2. The summed E-state index contributed by atoms with van der Waals surface area (Å²) in [5.74, 6) is -0.0566. The number of rotatable bonds is 4. The Bertz CT molecular complexity index is 584. The van der Waals surface area contributed by atoms with Gasteiger partial charge in [-0.15, -0.1) is 0 Å². The van der Waals surface area contributed by atoms with Gasteiger partial charge < -0.3 is 5.32 Å². The molecule has 0 spiro atoms. The zero-order chi connectivity index (χ0) is 14.0. The maximum Gasteiger partial charge on any atom is 0.242 e. The Hall–Kier alpha value is -2.11. The van der Waals surface area contributed by atoms with E-state index < -0.39 is 0 Å². The van der Waals surface area contributed by atoms with Crippen LogP contribution in [-0.2, 0) is 18.4 Å². The summed E-state index contributed by atoms with van der Waals surface area (Å²) in [4.78, 5) is 11.9. The molecule has 0 saturated carbocycles. The van der Waals surface area contributed by atoms with E-state index in [2.05, 4.69) is 15.5 Å². The second kappa shape index (κ2) is 5.26. The topological polar surface area (TPSA) is 64.7 Å². The number of carbonyl (C=O) groups is 1. The first kappa shape index (κ1) is 13.3. The monoisotopic (exact) mass is 261 g/mol. The summed E-state index contributed by atoms with van der Waals surface area (Å²) in [6.45, 7) is 6.08. The number of amides is 1. The Kier molecular flexibility index (Phi) is 3.69. The SMILES string of the molecule is Cc1ccn(CC(=O)NC(C)c2cnn(C)c2C)n1. The van der Waals surface area contributed by atoms with Gasteiger partial charge >= 0.3 is 0 Å². The van der Waals surface area contributed by atoms with Crippen LogP contribution in [0.1, 0.15) is 29.9 Å². The lowest BCUT2D eigenvalue weighted by Crippen LogP contribution is -2.30. The fourth-order valence-corrected chi connectivity index (χ4v) is 2.00. The van der Waals surface area contributed by atoms with E-state index in [4.69, 9.17) is 0 Å². The van der Waals surface area contributed by atoms with E-state index in [1.807, 2.05) is 33.9 Å². The minimum atomic E-state index is -0.0575. The molecule has 6 heteroatoms. The Labute approximate surface area is 112 Å². The van der Waals surface area contributed by atoms with Gasteiger partial charge in [0.05, 0.1) is 17.9 Å². The average molecular weight is 261 g/mol. The molecule has 6 nitrogen and oxygen atoms in total. The molecule has 2 heterocycles. The van der Waals surface area contributed by atoms with Gasteiger partial charge in [0.15, 0.2) is 0 Å². The first-order valence-corrected chi connectivity index (χ1v) is 6.25. The molecule has 0 bridgehead atoms. The third-order valence-electron chi connectivity index (χ3n) is 3.20. The lowest BCUT2D eigenvalue weighted by molar-refractivity contribution is -0.122. The second-order valence-corrected chi connectivity index (χ2v) is 4.75. The fraction of sp³-hybridized carbons (Fsp3) is 0.462. The predicted molar refractivity (Wildman–Crippen MR) is 71.5 cm³/mol. The molecule has 0 aromatic carbocycles. The van der Waals surface area contributed by atoms with Gasteiger partial charge in [-0.2, -0.15) is 10.2 Å². The third kappa shape index (κ3) is 3.01. The summed E-state index contributed by atoms with van der Waals surface area (Å²) < 4.78 is 3.43. The number of nitrogens with zero attached hydrogens (tertiary/aromatic N) is 4. The molecule has 2 aromatic rings. The van der Waals surface area contributed by atoms with Crippen molar-refractivity contribution in [1.29, 1.82) is 0 Å². The Morgan fingerprint density at radius 2 is 2.21 bits per heavy atom. The van der Waals surface area contributed by atoms with Crippen LogP contribution in [0.2, 0.25) is 0 Å². The zero-order valence-corrected chi connectivity index (χ0v) is 11.7. The van der Waals surface area contributed by atoms with Crippen molar-refractivity contribution < 1.29 is 4.79 Å². The molecule has 0 aliphatic heterocycles. The first-order valence-electron chi connectivity index (χ1n) is 6.25. The largest absolute Gasteiger partial charge is 0.348 e. The molecule has 0 fully saturated rings. The number of aromatic nitrogens is 4. The normalized spacial score (nSPS) is 12.4. The van der Waals surface area contributed by atoms with Gasteiger partial charge in [0.2, 0.25) is 5.91 Å². The first-order chi connectivity index (χ1) is 8.97. The number of hydrogen-bond donors (Lipinski definition) is 1. The number of hydrogen-bond acceptors (Lipinski definition) is 3. The standard InChI is InChI=1S/C13H19N5O/c1-9-5-6-18(16-9)8-13(19)15-10(2)12-7-14-17(4)11(12)3/h5-7,10H,8H2,1-4H3,(H,15,19). The van der Waals surface area contributed by atoms with Gasteiger partial charge in [-0.05, 0) is 26.8 Å². The molecule has 2 rings (SSSR count). The van der Waals surface area contributed by atoms with E-state index in [1.165, 1.54) is 0 Å². The minimum absolute atomic E-state index is 0.0566. The molecule has 1 N–H and O–H groups in total. The van der Waals surface area contributed by atoms with Crippen molar-refractivity contribution in [1.82, 2.24) is 24.9 Å². The van der Waals surface area contributed by atoms with Crippen LogP contribution in [0.25, 0.3) is 0 Å². The van der Waals surface area contributed by atoms with Crippen LogP contribution < -0.4 is 5.32 Å². The lowest BCUT2D eigenvalue weighted by atomic mass is 10.1. The van der Waals surface area contributed by atoms with Gasteiger partial charge in [-0.25, -0.2) is 0 Å². The smallest absolute Gasteiger partial charge is 0.242 e. The van der Waals surface area contributed by atoms with Crippen LogP contribution in [0, 0.1) is 13.8 Å². The average Bonchev–Trinajstić information content (AvgIpc) is 2.87. The predicted octanol–water partition coefficient (Wildman–Crippen LogP) is 1.11. The molecule has 0 radical (unpaired) electrons. The van der Waals surface area contributed by atoms with E-state index >= 15 is 0 Å². The quantitative estimate of drug-likeness (QED) is 0.896. The van der Waals surface area contributed by atoms with Crippen molar-refractivity contribution >= 4 is 5.91 Å². The Morgan fingerprint density at radius 3 is 2.74 bits per heavy atom. The van der Waals surface area contributed by atoms with Gasteiger partial charge in [-0.1, -0.05) is 0 Å². The highest BCUT2D eigenvalue weighted by Gasteiger charge is 2.14. The van der Waals surface area contributed by atoms with E-state index in [0.717, 1.165) is 17.0 Å². The van der Waals surface area contributed by atoms with E-state index in [0.29, 0.717) is 0 Å². The third-order valence-corrected chi connectivity index (χ3v) is 3.20. The molecule has 1 unspecified atom stereocenters. The summed E-state index contributed by atoms with van der Waals surface area (Å²) in [7, 11) is 1.89. The minimum Gasteiger partial charge on any atom is -0.348 e. The zero-order valence-electron chi connectivity index (χ0n) is 11.7. The Morgan fingerprint density at radius 1 is 1.47 bits per heavy atom. The summed E-state index contributed by atoms with van der Waals surface area (Å²) in [6.07, 6.45) is 3.59. The molecular formula is C13H19N5O. The Balaban J connectivity index is 1.97. The van der Waals surface area contributed by atoms with Crippen molar-refractivity contribution in [3.8, 4) is 0 Å². The summed E-state index contributed by atoms with van der Waals surface area (Å²) in [5.41, 5.74) is 3.00. The van der Waals surface area contributed by atoms with Crippen molar-refractivity contribution in [3.63, 3.8) is 0 Å². The molecule has 0 aliphatic rings. The molecule has 2 aromatic heterocycles. The molecule has 0 aliphatic carbocycles. The summed E-state index contributed by atoms with van der Waals surface area (Å²) in [5, 5.41) is 11.3. The molecule has 1 amide bonds. The van der Waals surface area contributed by atoms with Gasteiger partial charge in [-0.3, -0.25) is 14.2 Å². The molecule has 1 atom stereocenters. The maximum atomic E-state index is 11.9. The second-order valence-electron chi connectivity index (χ2n) is 4.75. The number of carbonyl (C=O) groups excluding carboxylic acids is 1. The lowest BCUT2D eigenvalue weighted by Gasteiger charge is -2.13. The summed E-state index contributed by atoms with van der Waals surface area (Å²) in [6, 6.07) is 1.82. The van der Waals surface area contributed by atoms with Crippen molar-refractivity contribution in [3.05, 3.63) is 35.4 Å². The highest BCUT2D eigenvalue weighted by Crippen LogP contribution is 2.15. The van der Waals surface area contributed by atoms with Gasteiger partial charge in [0.25, 0.3) is 0 Å². The molecule has 0 saturated heterocycles. The van der Waals surface area contributed by atoms with E-state index in [9.17, 15) is 4.79 Å². The van der Waals surface area contributed by atoms with Crippen LogP contribution in [0.4, 0.5) is 0 Å². The van der Waals surface area contributed by atoms with Crippen LogP contribution >= 0.6 is 0 Å². The molecular weight excluding hydrogens is 242 g/mol. The van der Waals surface area contributed by atoms with Crippen LogP contribution in [0.3, 0.4) is 0 Å².